The van der Waals surface area contributed by atoms with E-state index in [1.54, 1.807) is 48.5 Å². The van der Waals surface area contributed by atoms with E-state index in [-0.39, 0.29) is 80.8 Å². The van der Waals surface area contributed by atoms with Gasteiger partial charge in [0.1, 0.15) is 33.0 Å². The molecule has 0 radical (unpaired) electrons. The number of carbonyl (C=O) groups excluding carboxylic acids is 7. The smallest absolute Gasteiger partial charge is 0.333 e. The Hall–Kier alpha value is -5.46. The number of hydrogen-bond donors (Lipinski definition) is 5. The number of likely N-dealkylation sites (N-methyl/N-ethyl adjacent to an activating group) is 3. The minimum Gasteiger partial charge on any atom is -1.00 e. The van der Waals surface area contributed by atoms with Crippen LogP contribution in [-0.4, -0.2) is 251 Å². The second-order valence-corrected chi connectivity index (χ2v) is 21.6. The van der Waals surface area contributed by atoms with Crippen molar-refractivity contribution in [1.29, 1.82) is 0 Å². The van der Waals surface area contributed by atoms with Gasteiger partial charge in [-0.25, -0.2) is 19.2 Å². The van der Waals surface area contributed by atoms with E-state index >= 15 is 0 Å². The molecule has 0 saturated heterocycles. The zero-order chi connectivity index (χ0) is 65.7. The summed E-state index contributed by atoms with van der Waals surface area (Å²) in [7, 11) is 24.8. The summed E-state index contributed by atoms with van der Waals surface area (Å²) < 4.78 is 21.3. The van der Waals surface area contributed by atoms with E-state index < -0.39 is 23.9 Å². The van der Waals surface area contributed by atoms with Crippen LogP contribution in [0.25, 0.3) is 0 Å². The Morgan fingerprint density at radius 3 is 1.15 bits per heavy atom. The van der Waals surface area contributed by atoms with Gasteiger partial charge in [-0.1, -0.05) is 59.2 Å². The fraction of sp³-hybridized carbons (Fsp3) is 0.583. The van der Waals surface area contributed by atoms with E-state index in [2.05, 4.69) is 141 Å². The number of ether oxygens (including phenoxy) is 4. The van der Waals surface area contributed by atoms with Gasteiger partial charge in [0, 0.05) is 65.6 Å². The monoisotopic (exact) mass is 1260 g/mol. The maximum atomic E-state index is 11.1. The summed E-state index contributed by atoms with van der Waals surface area (Å²) in [5.74, 6) is -2.10. The molecular formula is C60H115Cl3N8O13. The number of quaternary nitrogens is 3. The number of rotatable bonds is 29. The molecule has 0 bridgehead atoms. The number of nitrogens with two attached hydrogens (primary N) is 1. The molecule has 0 saturated carbocycles. The predicted molar refractivity (Wildman–Crippen MR) is 331 cm³/mol. The molecule has 1 unspecified atom stereocenters. The minimum atomic E-state index is -0.608. The highest BCUT2D eigenvalue weighted by Gasteiger charge is 2.11. The molecule has 0 aromatic heterocycles. The molecule has 21 nitrogen and oxygen atoms in total. The van der Waals surface area contributed by atoms with Gasteiger partial charge in [-0.3, -0.25) is 14.4 Å². The summed E-state index contributed by atoms with van der Waals surface area (Å²) in [4.78, 5) is 78.3. The highest BCUT2D eigenvalue weighted by Crippen LogP contribution is 1.98. The molecule has 0 aliphatic carbocycles. The predicted octanol–water partition coefficient (Wildman–Crippen LogP) is -4.43. The van der Waals surface area contributed by atoms with E-state index in [0.717, 1.165) is 84.7 Å². The number of nitrogens with one attached hydrogen (secondary N) is 2. The minimum absolute atomic E-state index is 0. The quantitative estimate of drug-likeness (QED) is 0.0118. The van der Waals surface area contributed by atoms with Crippen molar-refractivity contribution in [3.05, 3.63) is 111 Å². The molecule has 0 spiro atoms. The van der Waals surface area contributed by atoms with Crippen molar-refractivity contribution in [2.24, 2.45) is 5.73 Å². The zero-order valence-electron chi connectivity index (χ0n) is 55.1. The van der Waals surface area contributed by atoms with Gasteiger partial charge >= 0.3 is 23.9 Å². The summed E-state index contributed by atoms with van der Waals surface area (Å²) in [6.07, 6.45) is 6.29. The Morgan fingerprint density at radius 1 is 0.536 bits per heavy atom. The Morgan fingerprint density at radius 2 is 0.881 bits per heavy atom. The first-order chi connectivity index (χ1) is 36.8. The molecule has 3 amide bonds. The Labute approximate surface area is 527 Å². The third-order valence-corrected chi connectivity index (χ3v) is 8.57. The Bertz CT molecular complexity index is 1910. The van der Waals surface area contributed by atoms with Crippen LogP contribution in [0.15, 0.2) is 111 Å². The molecule has 84 heavy (non-hydrogen) atoms. The van der Waals surface area contributed by atoms with Crippen molar-refractivity contribution >= 4 is 41.6 Å². The van der Waals surface area contributed by atoms with Crippen molar-refractivity contribution in [2.45, 2.75) is 67.4 Å². The van der Waals surface area contributed by atoms with Crippen molar-refractivity contribution < 1.29 is 113 Å². The van der Waals surface area contributed by atoms with Gasteiger partial charge in [0.15, 0.2) is 0 Å². The van der Waals surface area contributed by atoms with Crippen LogP contribution in [0.5, 0.6) is 0 Å². The number of aliphatic hydroxyl groups is 2. The van der Waals surface area contributed by atoms with E-state index in [1.165, 1.54) is 0 Å². The summed E-state index contributed by atoms with van der Waals surface area (Å²) in [5.41, 5.74) is 7.49. The van der Waals surface area contributed by atoms with Crippen LogP contribution < -0.4 is 53.6 Å². The summed E-state index contributed by atoms with van der Waals surface area (Å²) >= 11 is 0. The maximum Gasteiger partial charge on any atom is 0.333 e. The fourth-order valence-electron chi connectivity index (χ4n) is 3.93. The third-order valence-electron chi connectivity index (χ3n) is 8.57. The van der Waals surface area contributed by atoms with Gasteiger partial charge in [0.25, 0.3) is 0 Å². The first-order valence-corrected chi connectivity index (χ1v) is 26.2. The standard InChI is InChI=1S/C10H20N2O.C9H18N2O.C9H18NO2.C8H15NO2.C8H16N.C7H12O3.C5H8O3.C4H7NO.3ClH/c1-9(2)10(13)11-7-6-8-12(3,4)5;1-8(2)9(12)10-6-5-7-11(3)4;1-8(2)9(11)12-7-6-10(3,4)5;1-7(2)8(10)11-6-5-9(3)4;1-5-7-9(3,4)8-6-2;1-5(2)7(9)10-4-6(3)8;1-2-5(7)8-4-3-6;1-3(2)4(5)6;;;/h1,6-8H2,2-5H3;1,5-7H2,2-4H3,(H,10,12);1,6-7H2,2-5H3;1,5-6H2,2-4H3;5-6H,1-2,7-8H2,3-4H3;6,8H,1,4H2,2-3H3;2,6H,1,3-4H2;1H2,2H3,(H2,5,6);3*1H/q;;+1;;+1;;;;;;/p-2. The molecule has 0 aliphatic heterocycles. The van der Waals surface area contributed by atoms with Crippen molar-refractivity contribution in [2.75, 3.05) is 170 Å². The second kappa shape index (κ2) is 63.6. The molecular weight excluding hydrogens is 1150 g/mol. The largest absolute Gasteiger partial charge is 1.00 e. The highest BCUT2D eigenvalue weighted by molar-refractivity contribution is 5.92. The Kier molecular flexibility index (Phi) is 78.3. The molecule has 0 fully saturated rings. The number of aliphatic hydroxyl groups excluding tert-OH is 2. The van der Waals surface area contributed by atoms with Crippen LogP contribution in [-0.2, 0) is 52.5 Å². The van der Waals surface area contributed by atoms with Crippen molar-refractivity contribution in [3.63, 3.8) is 0 Å². The number of esters is 4. The van der Waals surface area contributed by atoms with Crippen LogP contribution in [0.1, 0.15) is 61.3 Å². The second-order valence-electron chi connectivity index (χ2n) is 21.6. The van der Waals surface area contributed by atoms with Crippen molar-refractivity contribution in [3.8, 4) is 0 Å². The van der Waals surface area contributed by atoms with Gasteiger partial charge in [-0.2, -0.15) is 0 Å². The molecule has 0 aromatic carbocycles. The lowest BCUT2D eigenvalue weighted by atomic mass is 10.3. The molecule has 6 N–H and O–H groups in total. The number of carbonyl (C=O) groups is 7. The lowest BCUT2D eigenvalue weighted by Gasteiger charge is -2.26. The number of halogens is 3. The molecule has 1 atom stereocenters. The molecule has 0 heterocycles. The first kappa shape index (κ1) is 104. The van der Waals surface area contributed by atoms with Gasteiger partial charge in [0.2, 0.25) is 17.7 Å². The third kappa shape index (κ3) is 102. The molecule has 24 heteroatoms. The molecule has 0 rings (SSSR count). The summed E-state index contributed by atoms with van der Waals surface area (Å²) in [6.45, 7) is 50.6. The van der Waals surface area contributed by atoms with Crippen LogP contribution in [0.2, 0.25) is 0 Å². The SMILES string of the molecule is C=C(C)C(=O)NCCCN(C)C.C=C(C)C(=O)NCCC[N+](C)(C)C.C=C(C)C(=O)OCC(C)O.C=C(C)C(=O)OCCN(C)C.C=C(C)C(=O)OCC[N+](C)(C)C.C=C(C)C(N)=O.C=CC(=O)OCCO.C=CC[N+](C)(C)CC=C.[Cl-].[Cl-].[Cl-]. The average Bonchev–Trinajstić information content (AvgIpc) is 3.32. The highest BCUT2D eigenvalue weighted by atomic mass is 35.5. The van der Waals surface area contributed by atoms with Gasteiger partial charge in [0.05, 0.1) is 88.7 Å². The van der Waals surface area contributed by atoms with Gasteiger partial charge < -0.3 is 106 Å². The lowest BCUT2D eigenvalue weighted by molar-refractivity contribution is -0.878. The van der Waals surface area contributed by atoms with E-state index in [0.29, 0.717) is 46.7 Å². The van der Waals surface area contributed by atoms with Crippen molar-refractivity contribution in [1.82, 2.24) is 20.4 Å². The summed E-state index contributed by atoms with van der Waals surface area (Å²) in [5, 5.41) is 22.4. The number of nitrogens with zero attached hydrogens (tertiary/aromatic N) is 5. The molecule has 494 valence electrons. The van der Waals surface area contributed by atoms with E-state index in [4.69, 9.17) is 25.4 Å². The maximum absolute atomic E-state index is 11.1. The topological polar surface area (TPSA) is 253 Å². The van der Waals surface area contributed by atoms with Crippen LogP contribution in [0.4, 0.5) is 0 Å². The number of hydrogen-bond acceptors (Lipinski definition) is 15. The van der Waals surface area contributed by atoms with E-state index in [9.17, 15) is 33.6 Å². The molecule has 0 aliphatic rings. The van der Waals surface area contributed by atoms with Crippen LogP contribution in [0, 0.1) is 0 Å². The van der Waals surface area contributed by atoms with Crippen LogP contribution in [0.3, 0.4) is 0 Å². The lowest BCUT2D eigenvalue weighted by Crippen LogP contribution is -3.00. The Balaban J connectivity index is -0.0000000808. The zero-order valence-corrected chi connectivity index (χ0v) is 57.4. The van der Waals surface area contributed by atoms with E-state index in [1.807, 2.05) is 45.2 Å². The van der Waals surface area contributed by atoms with Crippen LogP contribution >= 0.6 is 0 Å². The fourth-order valence-corrected chi connectivity index (χ4v) is 3.93. The average molecular weight is 1260 g/mol. The normalized spacial score (nSPS) is 9.94. The molecule has 0 aromatic rings. The van der Waals surface area contributed by atoms with Gasteiger partial charge in [-0.15, -0.1) is 0 Å². The number of amides is 3. The van der Waals surface area contributed by atoms with Gasteiger partial charge in [-0.05, 0) is 102 Å². The number of primary amides is 1. The first-order valence-electron chi connectivity index (χ1n) is 26.2. The summed E-state index contributed by atoms with van der Waals surface area (Å²) in [6, 6.07) is 0.